The minimum Gasteiger partial charge on any atom is -0.482 e. The summed E-state index contributed by atoms with van der Waals surface area (Å²) in [6.07, 6.45) is 1.57. The fourth-order valence-electron chi connectivity index (χ4n) is 2.33. The van der Waals surface area contributed by atoms with Gasteiger partial charge < -0.3 is 9.84 Å². The van der Waals surface area contributed by atoms with Gasteiger partial charge in [0.15, 0.2) is 10.9 Å². The van der Waals surface area contributed by atoms with Gasteiger partial charge in [-0.1, -0.05) is 36.0 Å². The summed E-state index contributed by atoms with van der Waals surface area (Å²) in [4.78, 5) is 35.6. The molecule has 1 aliphatic rings. The van der Waals surface area contributed by atoms with E-state index in [1.807, 2.05) is 0 Å². The first-order valence-corrected chi connectivity index (χ1v) is 9.36. The number of carbonyl (C=O) groups is 3. The van der Waals surface area contributed by atoms with Crippen LogP contribution in [0.1, 0.15) is 15.9 Å². The molecule has 10 heteroatoms. The van der Waals surface area contributed by atoms with Gasteiger partial charge >= 0.3 is 5.97 Å². The van der Waals surface area contributed by atoms with Gasteiger partial charge in [0.05, 0.1) is 10.5 Å². The number of amides is 2. The fourth-order valence-corrected chi connectivity index (χ4v) is 3.51. The smallest absolute Gasteiger partial charge is 0.341 e. The summed E-state index contributed by atoms with van der Waals surface area (Å²) >= 11 is 6.12. The Morgan fingerprint density at radius 1 is 1.21 bits per heavy atom. The number of halogens is 1. The highest BCUT2D eigenvalue weighted by Crippen LogP contribution is 2.31. The number of benzene rings is 2. The van der Waals surface area contributed by atoms with Crippen LogP contribution in [0.15, 0.2) is 53.4 Å². The minimum absolute atomic E-state index is 0.104. The van der Waals surface area contributed by atoms with Gasteiger partial charge in [-0.15, -0.1) is 0 Å². The van der Waals surface area contributed by atoms with E-state index in [1.165, 1.54) is 18.2 Å². The molecule has 1 aliphatic heterocycles. The van der Waals surface area contributed by atoms with Crippen LogP contribution in [0.4, 0.5) is 4.39 Å². The number of carboxylic acid groups (broad SMARTS) is 1. The number of hydrogen-bond donors (Lipinski definition) is 2. The summed E-state index contributed by atoms with van der Waals surface area (Å²) in [5, 5.41) is 9.50. The third-order valence-corrected chi connectivity index (χ3v) is 4.97. The van der Waals surface area contributed by atoms with Crippen LogP contribution >= 0.6 is 24.0 Å². The standard InChI is InChI=1S/C19H13FN2O5S2/c20-14-4-2-1-3-13(14)17(25)21-22-18(26)15(29-19(22)28)9-11-5-7-12(8-6-11)27-10-16(23)24/h1-9H,10H2,(H,21,25)(H,23,24)/b15-9+. The van der Waals surface area contributed by atoms with Crippen molar-refractivity contribution >= 4 is 52.2 Å². The van der Waals surface area contributed by atoms with Crippen LogP contribution in [0.25, 0.3) is 6.08 Å². The molecule has 0 bridgehead atoms. The molecule has 7 nitrogen and oxygen atoms in total. The Labute approximate surface area is 174 Å². The first kappa shape index (κ1) is 20.5. The molecule has 0 radical (unpaired) electrons. The van der Waals surface area contributed by atoms with E-state index < -0.39 is 30.2 Å². The van der Waals surface area contributed by atoms with Crippen molar-refractivity contribution in [1.29, 1.82) is 0 Å². The van der Waals surface area contributed by atoms with E-state index >= 15 is 0 Å². The molecule has 2 N–H and O–H groups in total. The summed E-state index contributed by atoms with van der Waals surface area (Å²) in [6.45, 7) is -0.459. The Balaban J connectivity index is 1.70. The highest BCUT2D eigenvalue weighted by molar-refractivity contribution is 8.26. The average molecular weight is 432 g/mol. The van der Waals surface area contributed by atoms with Crippen molar-refractivity contribution in [3.63, 3.8) is 0 Å². The van der Waals surface area contributed by atoms with Crippen molar-refractivity contribution < 1.29 is 28.6 Å². The van der Waals surface area contributed by atoms with Crippen molar-refractivity contribution in [2.24, 2.45) is 0 Å². The maximum absolute atomic E-state index is 13.7. The zero-order chi connectivity index (χ0) is 21.0. The van der Waals surface area contributed by atoms with Crippen LogP contribution < -0.4 is 10.2 Å². The van der Waals surface area contributed by atoms with E-state index in [9.17, 15) is 18.8 Å². The van der Waals surface area contributed by atoms with Crippen molar-refractivity contribution in [3.05, 3.63) is 70.4 Å². The van der Waals surface area contributed by atoms with E-state index in [1.54, 1.807) is 30.3 Å². The molecule has 0 atom stereocenters. The molecule has 0 saturated carbocycles. The SMILES string of the molecule is O=C(O)COc1ccc(/C=C2/SC(=S)N(NC(=O)c3ccccc3F)C2=O)cc1. The second kappa shape index (κ2) is 8.84. The highest BCUT2D eigenvalue weighted by Gasteiger charge is 2.34. The Morgan fingerprint density at radius 3 is 2.55 bits per heavy atom. The predicted octanol–water partition coefficient (Wildman–Crippen LogP) is 2.84. The van der Waals surface area contributed by atoms with Gasteiger partial charge in [-0.3, -0.25) is 15.0 Å². The molecular weight excluding hydrogens is 419 g/mol. The lowest BCUT2D eigenvalue weighted by atomic mass is 10.2. The van der Waals surface area contributed by atoms with Crippen LogP contribution in [-0.4, -0.2) is 38.8 Å². The van der Waals surface area contributed by atoms with E-state index in [2.05, 4.69) is 5.43 Å². The monoisotopic (exact) mass is 432 g/mol. The topological polar surface area (TPSA) is 95.9 Å². The number of carboxylic acids is 1. The number of ether oxygens (including phenoxy) is 1. The second-order valence-electron chi connectivity index (χ2n) is 5.69. The largest absolute Gasteiger partial charge is 0.482 e. The van der Waals surface area contributed by atoms with Gasteiger partial charge in [0, 0.05) is 0 Å². The molecule has 2 aromatic carbocycles. The van der Waals surface area contributed by atoms with Gasteiger partial charge in [-0.2, -0.15) is 5.01 Å². The molecule has 1 fully saturated rings. The normalized spacial score (nSPS) is 14.9. The lowest BCUT2D eigenvalue weighted by Gasteiger charge is -2.15. The Bertz CT molecular complexity index is 1020. The number of aliphatic carboxylic acids is 1. The highest BCUT2D eigenvalue weighted by atomic mass is 32.2. The molecule has 2 aromatic rings. The zero-order valence-corrected chi connectivity index (χ0v) is 16.3. The summed E-state index contributed by atoms with van der Waals surface area (Å²) < 4.78 is 18.9. The van der Waals surface area contributed by atoms with Gasteiger partial charge in [0.2, 0.25) is 0 Å². The predicted molar refractivity (Wildman–Crippen MR) is 108 cm³/mol. The van der Waals surface area contributed by atoms with E-state index in [-0.39, 0.29) is 14.8 Å². The molecular formula is C19H13FN2O5S2. The molecule has 148 valence electrons. The van der Waals surface area contributed by atoms with Crippen molar-refractivity contribution in [2.45, 2.75) is 0 Å². The Morgan fingerprint density at radius 2 is 1.90 bits per heavy atom. The lowest BCUT2D eigenvalue weighted by Crippen LogP contribution is -2.45. The quantitative estimate of drug-likeness (QED) is 0.535. The van der Waals surface area contributed by atoms with Gasteiger partial charge in [0.1, 0.15) is 11.6 Å². The van der Waals surface area contributed by atoms with Crippen molar-refractivity contribution in [1.82, 2.24) is 10.4 Å². The van der Waals surface area contributed by atoms with Crippen molar-refractivity contribution in [2.75, 3.05) is 6.61 Å². The lowest BCUT2D eigenvalue weighted by molar-refractivity contribution is -0.139. The number of thioether (sulfide) groups is 1. The van der Waals surface area contributed by atoms with Gasteiger partial charge in [-0.05, 0) is 48.1 Å². The maximum Gasteiger partial charge on any atom is 0.341 e. The maximum atomic E-state index is 13.7. The second-order valence-corrected chi connectivity index (χ2v) is 7.37. The molecule has 1 heterocycles. The molecule has 1 saturated heterocycles. The van der Waals surface area contributed by atoms with Crippen molar-refractivity contribution in [3.8, 4) is 5.75 Å². The number of rotatable bonds is 6. The number of hydrogen-bond acceptors (Lipinski definition) is 6. The Hall–Kier alpha value is -3.24. The summed E-state index contributed by atoms with van der Waals surface area (Å²) in [5.41, 5.74) is 2.75. The molecule has 0 aliphatic carbocycles. The zero-order valence-electron chi connectivity index (χ0n) is 14.6. The average Bonchev–Trinajstić information content (AvgIpc) is 2.95. The van der Waals surface area contributed by atoms with Gasteiger partial charge in [-0.25, -0.2) is 9.18 Å². The third kappa shape index (κ3) is 4.98. The van der Waals surface area contributed by atoms with Crippen LogP contribution in [0.3, 0.4) is 0 Å². The number of nitrogens with one attached hydrogen (secondary N) is 1. The van der Waals surface area contributed by atoms with Crippen LogP contribution in [0.5, 0.6) is 5.75 Å². The summed E-state index contributed by atoms with van der Waals surface area (Å²) in [7, 11) is 0. The molecule has 0 spiro atoms. The summed E-state index contributed by atoms with van der Waals surface area (Å²) in [6, 6.07) is 11.8. The van der Waals surface area contributed by atoms with Crippen LogP contribution in [0.2, 0.25) is 0 Å². The molecule has 2 amide bonds. The third-order valence-electron chi connectivity index (χ3n) is 3.67. The van der Waals surface area contributed by atoms with Crippen LogP contribution in [-0.2, 0) is 9.59 Å². The summed E-state index contributed by atoms with van der Waals surface area (Å²) in [5.74, 6) is -2.77. The van der Waals surface area contributed by atoms with E-state index in [0.717, 1.165) is 22.8 Å². The van der Waals surface area contributed by atoms with Crippen LogP contribution in [0, 0.1) is 5.82 Å². The molecule has 3 rings (SSSR count). The number of carbonyl (C=O) groups excluding carboxylic acids is 2. The first-order valence-electron chi connectivity index (χ1n) is 8.13. The molecule has 0 unspecified atom stereocenters. The molecule has 29 heavy (non-hydrogen) atoms. The minimum atomic E-state index is -1.09. The van der Waals surface area contributed by atoms with E-state index in [4.69, 9.17) is 22.1 Å². The number of nitrogens with zero attached hydrogens (tertiary/aromatic N) is 1. The Kier molecular flexibility index (Phi) is 6.25. The fraction of sp³-hybridized carbons (Fsp3) is 0.0526. The van der Waals surface area contributed by atoms with E-state index in [0.29, 0.717) is 11.3 Å². The number of thiocarbonyl (C=S) groups is 1. The number of hydrazine groups is 1. The van der Waals surface area contributed by atoms with Gasteiger partial charge in [0.25, 0.3) is 11.8 Å². The molecule has 0 aromatic heterocycles. The first-order chi connectivity index (χ1) is 13.8.